The lowest BCUT2D eigenvalue weighted by Gasteiger charge is -2.31. The second kappa shape index (κ2) is 6.03. The quantitative estimate of drug-likeness (QED) is 0.521. The number of aromatic hydroxyl groups is 1. The Balaban J connectivity index is 2.18. The molecule has 0 unspecified atom stereocenters. The van der Waals surface area contributed by atoms with Crippen molar-refractivity contribution in [2.75, 3.05) is 0 Å². The molecule has 0 radical (unpaired) electrons. The Morgan fingerprint density at radius 3 is 2.85 bits per heavy atom. The van der Waals surface area contributed by atoms with E-state index in [2.05, 4.69) is 18.8 Å². The predicted molar refractivity (Wildman–Crippen MR) is 78.3 cm³/mol. The second-order valence-corrected chi connectivity index (χ2v) is 5.61. The van der Waals surface area contributed by atoms with Gasteiger partial charge in [0.15, 0.2) is 0 Å². The third kappa shape index (κ3) is 3.15. The number of phenolic OH excluding ortho intramolecular Hbond substituents is 1. The number of rotatable bonds is 3. The van der Waals surface area contributed by atoms with Crippen LogP contribution in [-0.2, 0) is 0 Å². The maximum Gasteiger partial charge on any atom is 0.270 e. The highest BCUT2D eigenvalue weighted by Gasteiger charge is 2.26. The SMILES string of the molecule is C[C@@H]1[C@H](C)CCC[C@@H]1N=Cc1cc([N+](=O)[O-])ccc1O. The van der Waals surface area contributed by atoms with Crippen LogP contribution in [0.3, 0.4) is 0 Å². The Kier molecular flexibility index (Phi) is 4.37. The molecule has 5 nitrogen and oxygen atoms in total. The van der Waals surface area contributed by atoms with E-state index in [0.29, 0.717) is 17.4 Å². The van der Waals surface area contributed by atoms with Gasteiger partial charge in [0.2, 0.25) is 0 Å². The zero-order chi connectivity index (χ0) is 14.7. The highest BCUT2D eigenvalue weighted by Crippen LogP contribution is 2.31. The van der Waals surface area contributed by atoms with Crippen molar-refractivity contribution in [1.82, 2.24) is 0 Å². The standard InChI is InChI=1S/C15H20N2O3/c1-10-4-3-5-14(11(10)2)16-9-12-8-13(17(19)20)6-7-15(12)18/h6-11,14,18H,3-5H2,1-2H3/t10-,11-,14+/m1/s1. The van der Waals surface area contributed by atoms with Gasteiger partial charge in [-0.2, -0.15) is 0 Å². The molecule has 1 saturated carbocycles. The molecule has 1 aromatic rings. The molecule has 3 atom stereocenters. The molecular formula is C15H20N2O3. The van der Waals surface area contributed by atoms with E-state index in [1.54, 1.807) is 6.21 Å². The Bertz CT molecular complexity index is 528. The van der Waals surface area contributed by atoms with Crippen molar-refractivity contribution in [3.8, 4) is 5.75 Å². The molecule has 2 rings (SSSR count). The van der Waals surface area contributed by atoms with Gasteiger partial charge in [0, 0.05) is 23.9 Å². The Morgan fingerprint density at radius 1 is 1.40 bits per heavy atom. The molecule has 1 aromatic carbocycles. The molecule has 0 aliphatic heterocycles. The zero-order valence-electron chi connectivity index (χ0n) is 11.8. The van der Waals surface area contributed by atoms with Gasteiger partial charge in [-0.1, -0.05) is 26.7 Å². The first-order chi connectivity index (χ1) is 9.49. The maximum absolute atomic E-state index is 10.7. The van der Waals surface area contributed by atoms with Crippen molar-refractivity contribution >= 4 is 11.9 Å². The fraction of sp³-hybridized carbons (Fsp3) is 0.533. The van der Waals surface area contributed by atoms with Crippen LogP contribution in [0.1, 0.15) is 38.7 Å². The Labute approximate surface area is 118 Å². The van der Waals surface area contributed by atoms with Crippen LogP contribution in [0, 0.1) is 22.0 Å². The summed E-state index contributed by atoms with van der Waals surface area (Å²) < 4.78 is 0. The average molecular weight is 276 g/mol. The number of phenols is 1. The van der Waals surface area contributed by atoms with Crippen LogP contribution in [0.25, 0.3) is 0 Å². The number of benzene rings is 1. The number of nitrogens with zero attached hydrogens (tertiary/aromatic N) is 2. The number of aliphatic imine (C=N–C) groups is 1. The highest BCUT2D eigenvalue weighted by atomic mass is 16.6. The van der Waals surface area contributed by atoms with Gasteiger partial charge in [-0.3, -0.25) is 15.1 Å². The molecule has 20 heavy (non-hydrogen) atoms. The number of non-ortho nitro benzene ring substituents is 1. The van der Waals surface area contributed by atoms with Crippen LogP contribution < -0.4 is 0 Å². The number of nitro benzene ring substituents is 1. The normalized spacial score (nSPS) is 26.8. The lowest BCUT2D eigenvalue weighted by atomic mass is 9.78. The summed E-state index contributed by atoms with van der Waals surface area (Å²) in [5.41, 5.74) is 0.374. The van der Waals surface area contributed by atoms with Gasteiger partial charge in [-0.15, -0.1) is 0 Å². The molecule has 1 fully saturated rings. The van der Waals surface area contributed by atoms with Crippen LogP contribution in [0.5, 0.6) is 5.75 Å². The van der Waals surface area contributed by atoms with E-state index >= 15 is 0 Å². The Morgan fingerprint density at radius 2 is 2.15 bits per heavy atom. The van der Waals surface area contributed by atoms with Crippen LogP contribution in [0.15, 0.2) is 23.2 Å². The number of hydrogen-bond donors (Lipinski definition) is 1. The summed E-state index contributed by atoms with van der Waals surface area (Å²) in [6.07, 6.45) is 5.00. The molecule has 1 aliphatic rings. The zero-order valence-corrected chi connectivity index (χ0v) is 11.8. The molecule has 0 spiro atoms. The largest absolute Gasteiger partial charge is 0.507 e. The first-order valence-electron chi connectivity index (χ1n) is 6.99. The summed E-state index contributed by atoms with van der Waals surface area (Å²) in [6, 6.07) is 4.22. The summed E-state index contributed by atoms with van der Waals surface area (Å²) in [7, 11) is 0. The lowest BCUT2D eigenvalue weighted by molar-refractivity contribution is -0.384. The third-order valence-electron chi connectivity index (χ3n) is 4.29. The Hall–Kier alpha value is -1.91. The summed E-state index contributed by atoms with van der Waals surface area (Å²) >= 11 is 0. The topological polar surface area (TPSA) is 75.7 Å². The summed E-state index contributed by atoms with van der Waals surface area (Å²) in [5, 5.41) is 20.5. The van der Waals surface area contributed by atoms with Gasteiger partial charge in [0.1, 0.15) is 5.75 Å². The van der Waals surface area contributed by atoms with Crippen molar-refractivity contribution in [1.29, 1.82) is 0 Å². The van der Waals surface area contributed by atoms with E-state index in [-0.39, 0.29) is 17.5 Å². The average Bonchev–Trinajstić information content (AvgIpc) is 2.41. The lowest BCUT2D eigenvalue weighted by Crippen LogP contribution is -2.27. The van der Waals surface area contributed by atoms with Crippen LogP contribution in [0.4, 0.5) is 5.69 Å². The smallest absolute Gasteiger partial charge is 0.270 e. The van der Waals surface area contributed by atoms with Crippen molar-refractivity contribution in [2.24, 2.45) is 16.8 Å². The first-order valence-corrected chi connectivity index (χ1v) is 6.99. The van der Waals surface area contributed by atoms with E-state index in [1.165, 1.54) is 24.6 Å². The predicted octanol–water partition coefficient (Wildman–Crippen LogP) is 3.54. The van der Waals surface area contributed by atoms with Gasteiger partial charge >= 0.3 is 0 Å². The molecule has 0 saturated heterocycles. The second-order valence-electron chi connectivity index (χ2n) is 5.61. The fourth-order valence-electron chi connectivity index (χ4n) is 2.70. The van der Waals surface area contributed by atoms with Gasteiger partial charge in [0.05, 0.1) is 11.0 Å². The van der Waals surface area contributed by atoms with Gasteiger partial charge in [-0.05, 0) is 24.3 Å². The van der Waals surface area contributed by atoms with Crippen molar-refractivity contribution < 1.29 is 10.0 Å². The highest BCUT2D eigenvalue weighted by molar-refractivity contribution is 5.84. The van der Waals surface area contributed by atoms with Crippen LogP contribution in [-0.4, -0.2) is 22.3 Å². The molecule has 5 heteroatoms. The van der Waals surface area contributed by atoms with E-state index in [4.69, 9.17) is 0 Å². The van der Waals surface area contributed by atoms with Gasteiger partial charge < -0.3 is 5.11 Å². The number of nitro groups is 1. The van der Waals surface area contributed by atoms with Crippen molar-refractivity contribution in [3.05, 3.63) is 33.9 Å². The van der Waals surface area contributed by atoms with Crippen molar-refractivity contribution in [3.63, 3.8) is 0 Å². The van der Waals surface area contributed by atoms with Crippen molar-refractivity contribution in [2.45, 2.75) is 39.2 Å². The summed E-state index contributed by atoms with van der Waals surface area (Å²) in [4.78, 5) is 14.8. The molecule has 0 aromatic heterocycles. The molecule has 1 aliphatic carbocycles. The van der Waals surface area contributed by atoms with E-state index in [1.807, 2.05) is 0 Å². The summed E-state index contributed by atoms with van der Waals surface area (Å²) in [5.74, 6) is 1.17. The van der Waals surface area contributed by atoms with E-state index in [0.717, 1.165) is 12.8 Å². The monoisotopic (exact) mass is 276 g/mol. The van der Waals surface area contributed by atoms with Crippen LogP contribution >= 0.6 is 0 Å². The molecule has 0 heterocycles. The van der Waals surface area contributed by atoms with E-state index in [9.17, 15) is 15.2 Å². The minimum absolute atomic E-state index is 0.0239. The molecule has 0 bridgehead atoms. The summed E-state index contributed by atoms with van der Waals surface area (Å²) in [6.45, 7) is 4.43. The third-order valence-corrected chi connectivity index (χ3v) is 4.29. The molecule has 0 amide bonds. The van der Waals surface area contributed by atoms with Gasteiger partial charge in [0.25, 0.3) is 5.69 Å². The fourth-order valence-corrected chi connectivity index (χ4v) is 2.70. The molecular weight excluding hydrogens is 256 g/mol. The number of hydrogen-bond acceptors (Lipinski definition) is 4. The van der Waals surface area contributed by atoms with E-state index < -0.39 is 4.92 Å². The van der Waals surface area contributed by atoms with Crippen LogP contribution in [0.2, 0.25) is 0 Å². The minimum atomic E-state index is -0.470. The maximum atomic E-state index is 10.7. The van der Waals surface area contributed by atoms with Gasteiger partial charge in [-0.25, -0.2) is 0 Å². The molecule has 1 N–H and O–H groups in total. The molecule has 108 valence electrons. The minimum Gasteiger partial charge on any atom is -0.507 e. The first kappa shape index (κ1) is 14.5.